The third-order valence-electron chi connectivity index (χ3n) is 31.3. The van der Waals surface area contributed by atoms with Crippen LogP contribution in [0.25, 0.3) is 0 Å². The van der Waals surface area contributed by atoms with Gasteiger partial charge in [-0.15, -0.1) is 0 Å². The fourth-order valence-corrected chi connectivity index (χ4v) is 25.2. The molecule has 4 aromatic carbocycles. The van der Waals surface area contributed by atoms with Crippen molar-refractivity contribution < 1.29 is 134 Å². The van der Waals surface area contributed by atoms with Gasteiger partial charge < -0.3 is 95.5 Å². The van der Waals surface area contributed by atoms with Crippen molar-refractivity contribution in [1.29, 1.82) is 0 Å². The molecule has 16 atom stereocenters. The van der Waals surface area contributed by atoms with Gasteiger partial charge >= 0.3 is 47.8 Å². The number of hydrogen-bond donors (Lipinski definition) is 2. The normalized spacial score (nSPS) is 32.2. The molecule has 6 fully saturated rings. The maximum Gasteiger partial charge on any atom is 0.352 e. The summed E-state index contributed by atoms with van der Waals surface area (Å²) in [6.07, 6.45) is 19.2. The van der Waals surface area contributed by atoms with Gasteiger partial charge in [0, 0.05) is 63.7 Å². The van der Waals surface area contributed by atoms with E-state index in [-0.39, 0.29) is 76.1 Å². The van der Waals surface area contributed by atoms with E-state index in [1.165, 1.54) is 19.3 Å². The van der Waals surface area contributed by atoms with Gasteiger partial charge in [0.15, 0.2) is 69.4 Å². The van der Waals surface area contributed by atoms with Crippen LogP contribution in [0.2, 0.25) is 0 Å². The van der Waals surface area contributed by atoms with Crippen molar-refractivity contribution in [3.63, 3.8) is 0 Å². The molecule has 4 aromatic rings. The molecule has 130 heavy (non-hydrogen) atoms. The zero-order valence-corrected chi connectivity index (χ0v) is 73.8. The maximum absolute atomic E-state index is 14.5. The van der Waals surface area contributed by atoms with Crippen LogP contribution in [0.4, 0.5) is 0 Å². The van der Waals surface area contributed by atoms with Gasteiger partial charge in [-0.05, 0) is 233 Å². The number of methoxy groups -OCH3 is 4. The molecule has 0 radical (unpaired) electrons. The summed E-state index contributed by atoms with van der Waals surface area (Å²) in [6, 6.07) is 16.1. The lowest BCUT2D eigenvalue weighted by Gasteiger charge is -2.42. The molecule has 14 aliphatic heterocycles. The average molecular weight is 1790 g/mol. The molecule has 0 saturated carbocycles. The molecule has 22 rings (SSSR count). The summed E-state index contributed by atoms with van der Waals surface area (Å²) >= 11 is 0. The van der Waals surface area contributed by atoms with Crippen LogP contribution in [-0.4, -0.2) is 255 Å². The summed E-state index contributed by atoms with van der Waals surface area (Å²) in [5.74, 6) is -1.22. The van der Waals surface area contributed by atoms with Crippen LogP contribution in [0.5, 0.6) is 46.0 Å². The van der Waals surface area contributed by atoms with E-state index in [1.54, 1.807) is 19.3 Å². The molecular formula is C98H108N4O28. The summed E-state index contributed by atoms with van der Waals surface area (Å²) in [5.41, 5.74) is 0.321. The SMILES string of the molecule is COC(=O)C[C@](O)(C/C=C/C[C@@](O)(CC(=O)OC)C(=O)O[C@@H]1C(OC)=C[C@]23CCCN2CCc2cc4c(cc2[C@H]13)OCO4)C(=O)O[C@@H]1C(C)=C[C@]23CCCN2CCc2cc4c(cc2[C@H]13)OCO4.COC1=C[C@]23CCCN2CCc2cc4c(cc2[C@@H]3[C@@H]1OC(=O)[C@@]1(C/C=C/C[C@]2(C(=O)O[C@@H]3C(C)=C[C@]56CCCN5CCc5cc7c(cc5[C@H]36)OCO7)CC(=O)O2)CC(=O)O1)OCO4. The van der Waals surface area contributed by atoms with Crippen molar-refractivity contribution in [1.82, 2.24) is 19.6 Å². The van der Waals surface area contributed by atoms with E-state index < -0.39 is 143 Å². The van der Waals surface area contributed by atoms with Crippen LogP contribution in [0.1, 0.15) is 185 Å². The Balaban J connectivity index is 0.000000158. The van der Waals surface area contributed by atoms with Gasteiger partial charge in [-0.25, -0.2) is 19.2 Å². The Bertz CT molecular complexity index is 5580. The number of rotatable bonds is 22. The third-order valence-corrected chi connectivity index (χ3v) is 31.3. The number of cyclic esters (lactones) is 2. The molecule has 4 spiro atoms. The molecule has 0 unspecified atom stereocenters. The van der Waals surface area contributed by atoms with Gasteiger partial charge in [0.25, 0.3) is 0 Å². The first kappa shape index (κ1) is 85.6. The first-order valence-electron chi connectivity index (χ1n) is 45.6. The zero-order valence-electron chi connectivity index (χ0n) is 73.8. The van der Waals surface area contributed by atoms with Gasteiger partial charge in [0.2, 0.25) is 38.4 Å². The topological polar surface area (TPSA) is 356 Å². The van der Waals surface area contributed by atoms with Crippen molar-refractivity contribution in [3.05, 3.63) is 164 Å². The molecule has 32 nitrogen and oxygen atoms in total. The highest BCUT2D eigenvalue weighted by Gasteiger charge is 2.66. The highest BCUT2D eigenvalue weighted by atomic mass is 16.7. The third kappa shape index (κ3) is 13.8. The summed E-state index contributed by atoms with van der Waals surface area (Å²) in [4.78, 5) is 118. The minimum absolute atomic E-state index is 0.00953. The van der Waals surface area contributed by atoms with Crippen molar-refractivity contribution in [2.24, 2.45) is 0 Å². The van der Waals surface area contributed by atoms with E-state index in [9.17, 15) is 48.6 Å². The minimum Gasteiger partial charge on any atom is -0.497 e. The van der Waals surface area contributed by atoms with E-state index in [2.05, 4.69) is 50.0 Å². The number of ether oxygens (including phenoxy) is 18. The summed E-state index contributed by atoms with van der Waals surface area (Å²) in [6.45, 7) is 11.2. The Kier molecular flexibility index (Phi) is 21.3. The lowest BCUT2D eigenvalue weighted by molar-refractivity contribution is -0.211. The highest BCUT2D eigenvalue weighted by molar-refractivity contribution is 5.95. The molecule has 6 saturated heterocycles. The molecular weight excluding hydrogens is 1680 g/mol. The number of aliphatic hydroxyl groups is 2. The van der Waals surface area contributed by atoms with Crippen molar-refractivity contribution in [2.75, 3.05) is 108 Å². The number of hydrogen-bond acceptors (Lipinski definition) is 32. The monoisotopic (exact) mass is 1790 g/mol. The fourth-order valence-electron chi connectivity index (χ4n) is 25.2. The largest absolute Gasteiger partial charge is 0.497 e. The number of carbonyl (C=O) groups is 8. The molecule has 4 aliphatic carbocycles. The second-order valence-corrected chi connectivity index (χ2v) is 38.1. The Labute approximate surface area is 750 Å². The first-order valence-corrected chi connectivity index (χ1v) is 45.6. The lowest BCUT2D eigenvalue weighted by Crippen LogP contribution is -2.56. The van der Waals surface area contributed by atoms with Crippen molar-refractivity contribution in [2.45, 2.75) is 235 Å². The van der Waals surface area contributed by atoms with Crippen LogP contribution in [0, 0.1) is 0 Å². The Morgan fingerprint density at radius 3 is 1.00 bits per heavy atom. The van der Waals surface area contributed by atoms with E-state index in [0.29, 0.717) is 51.8 Å². The van der Waals surface area contributed by atoms with Crippen molar-refractivity contribution in [3.8, 4) is 46.0 Å². The predicted molar refractivity (Wildman–Crippen MR) is 454 cm³/mol. The first-order chi connectivity index (χ1) is 62.8. The summed E-state index contributed by atoms with van der Waals surface area (Å²) in [7, 11) is 5.39. The Morgan fingerprint density at radius 1 is 0.400 bits per heavy atom. The summed E-state index contributed by atoms with van der Waals surface area (Å²) in [5, 5.41) is 24.3. The van der Waals surface area contributed by atoms with E-state index >= 15 is 0 Å². The smallest absolute Gasteiger partial charge is 0.352 e. The summed E-state index contributed by atoms with van der Waals surface area (Å²) < 4.78 is 105. The van der Waals surface area contributed by atoms with Crippen LogP contribution in [0.3, 0.4) is 0 Å². The van der Waals surface area contributed by atoms with Gasteiger partial charge in [0.1, 0.15) is 23.7 Å². The fraction of sp³-hybridized carbons (Fsp3) is 0.551. The second kappa shape index (κ2) is 32.4. The molecule has 688 valence electrons. The molecule has 0 aromatic heterocycles. The highest BCUT2D eigenvalue weighted by Crippen LogP contribution is 2.62. The van der Waals surface area contributed by atoms with Gasteiger partial charge in [-0.3, -0.25) is 38.8 Å². The quantitative estimate of drug-likeness (QED) is 0.0421. The zero-order chi connectivity index (χ0) is 89.8. The molecule has 0 amide bonds. The van der Waals surface area contributed by atoms with Crippen LogP contribution < -0.4 is 37.9 Å². The number of nitrogens with zero attached hydrogens (tertiary/aromatic N) is 4. The number of benzene rings is 4. The predicted octanol–water partition coefficient (Wildman–Crippen LogP) is 8.87. The van der Waals surface area contributed by atoms with E-state index in [0.717, 1.165) is 205 Å². The van der Waals surface area contributed by atoms with E-state index in [4.69, 9.17) is 85.3 Å². The Hall–Kier alpha value is -11.2. The lowest BCUT2D eigenvalue weighted by atomic mass is 9.77. The molecule has 14 heterocycles. The average Bonchev–Trinajstić information content (AvgIpc) is 1.57. The van der Waals surface area contributed by atoms with Crippen LogP contribution in [0.15, 0.2) is 120 Å². The van der Waals surface area contributed by atoms with Gasteiger partial charge in [-0.1, -0.05) is 36.5 Å². The maximum atomic E-state index is 14.5. The molecule has 0 bridgehead atoms. The minimum atomic E-state index is -2.47. The standard InChI is InChI=1S/C50H58N2O15.C48H50N2O13/c1-29-23-47-11-7-15-51(47)17-9-30-19-34-36(64-27-62-34)21-32(30)41(47)43(29)66-45(55)49(57,25-39(53)60-3)13-5-6-14-50(58,26-40(54)61-4)46(56)67-44-38(59-2)24-48-12-8-16-52(48)18-10-31-20-35-37(65-28-63-35)22-33(31)42(44)48;1-27-21-45-9-5-13-49(45)15-7-28-17-32-34(58-25-56-32)19-30(28)39(45)41(27)60-43(53)47(23-37(51)62-47)11-3-4-12-48(24-38(52)63-48)44(54)61-42-36(55-2)22-46-10-6-14-50(46)16-8-29-18-33-35(59-26-57-33)20-31(29)40(42)46/h5-6,19-24,41-44,57-58H,7-18,25-28H2,1-4H3;3-4,17-22,39-42H,5-16,23-26H2,1-2H3/b6-5+;4-3+/t41-,42-,43-,44-,47+,48+,49-,50-;39-,40-,41-,42-,45+,46+,47-,48-/m11/s1. The number of carbonyl (C=O) groups excluding carboxylic acids is 8. The molecule has 2 N–H and O–H groups in total. The number of fused-ring (bicyclic) bond motifs is 12. The van der Waals surface area contributed by atoms with Gasteiger partial charge in [-0.2, -0.15) is 0 Å². The Morgan fingerprint density at radius 2 is 0.685 bits per heavy atom. The van der Waals surface area contributed by atoms with Crippen molar-refractivity contribution >= 4 is 47.8 Å². The van der Waals surface area contributed by atoms with Crippen LogP contribution >= 0.6 is 0 Å². The molecule has 18 aliphatic rings. The van der Waals surface area contributed by atoms with Crippen LogP contribution in [-0.2, 0) is 111 Å². The van der Waals surface area contributed by atoms with E-state index in [1.807, 2.05) is 56.3 Å². The second-order valence-electron chi connectivity index (χ2n) is 38.1. The molecule has 32 heteroatoms. The number of esters is 8. The van der Waals surface area contributed by atoms with Gasteiger partial charge in [0.05, 0.1) is 88.1 Å².